The number of nitrogens with zero attached hydrogens (tertiary/aromatic N) is 1. The Morgan fingerprint density at radius 1 is 1.36 bits per heavy atom. The van der Waals surface area contributed by atoms with E-state index >= 15 is 0 Å². The van der Waals surface area contributed by atoms with Crippen LogP contribution in [-0.4, -0.2) is 19.7 Å². The number of benzene rings is 1. The van der Waals surface area contributed by atoms with Crippen molar-refractivity contribution in [2.24, 2.45) is 0 Å². The number of fused-ring (bicyclic) bond motifs is 1. The topological polar surface area (TPSA) is 56.3 Å². The van der Waals surface area contributed by atoms with Crippen molar-refractivity contribution in [1.29, 1.82) is 0 Å². The van der Waals surface area contributed by atoms with Gasteiger partial charge in [-0.3, -0.25) is 0 Å². The highest BCUT2D eigenvalue weighted by Gasteiger charge is 2.09. The van der Waals surface area contributed by atoms with Gasteiger partial charge < -0.3 is 4.18 Å². The van der Waals surface area contributed by atoms with Gasteiger partial charge in [0.25, 0.3) is 5.19 Å². The molecule has 0 unspecified atom stereocenters. The van der Waals surface area contributed by atoms with Crippen LogP contribution in [0.25, 0.3) is 10.2 Å². The fourth-order valence-electron chi connectivity index (χ4n) is 1.02. The lowest BCUT2D eigenvalue weighted by Crippen LogP contribution is -2.05. The van der Waals surface area contributed by atoms with E-state index in [0.29, 0.717) is 0 Å². The summed E-state index contributed by atoms with van der Waals surface area (Å²) in [6.07, 6.45) is 0.999. The smallest absolute Gasteiger partial charge is 0.308 e. The Morgan fingerprint density at radius 2 is 2.07 bits per heavy atom. The highest BCUT2D eigenvalue weighted by molar-refractivity contribution is 7.86. The fraction of sp³-hybridized carbons (Fsp3) is 0.125. The van der Waals surface area contributed by atoms with E-state index in [1.165, 1.54) is 11.3 Å². The third-order valence-corrected chi connectivity index (χ3v) is 2.98. The zero-order valence-electron chi connectivity index (χ0n) is 7.30. The van der Waals surface area contributed by atoms with Crippen molar-refractivity contribution in [3.63, 3.8) is 0 Å². The Morgan fingerprint density at radius 3 is 2.71 bits per heavy atom. The third kappa shape index (κ3) is 2.02. The highest BCUT2D eigenvalue weighted by atomic mass is 32.2. The minimum absolute atomic E-state index is 0.161. The maximum atomic E-state index is 10.8. The van der Waals surface area contributed by atoms with Crippen LogP contribution in [-0.2, 0) is 10.1 Å². The molecule has 0 atom stereocenters. The van der Waals surface area contributed by atoms with E-state index in [9.17, 15) is 8.42 Å². The van der Waals surface area contributed by atoms with Crippen LogP contribution >= 0.6 is 11.3 Å². The highest BCUT2D eigenvalue weighted by Crippen LogP contribution is 2.27. The predicted octanol–water partition coefficient (Wildman–Crippen LogP) is 1.63. The van der Waals surface area contributed by atoms with Crippen LogP contribution < -0.4 is 4.18 Å². The van der Waals surface area contributed by atoms with E-state index < -0.39 is 10.1 Å². The van der Waals surface area contributed by atoms with E-state index in [0.717, 1.165) is 16.5 Å². The second kappa shape index (κ2) is 3.21. The van der Waals surface area contributed by atoms with E-state index in [1.807, 2.05) is 18.2 Å². The summed E-state index contributed by atoms with van der Waals surface area (Å²) in [6.45, 7) is 0. The maximum absolute atomic E-state index is 10.8. The number of thiazole rings is 1. The second-order valence-corrected chi connectivity index (χ2v) is 5.30. The monoisotopic (exact) mass is 229 g/mol. The second-order valence-electron chi connectivity index (χ2n) is 2.73. The van der Waals surface area contributed by atoms with Crippen molar-refractivity contribution in [1.82, 2.24) is 4.98 Å². The van der Waals surface area contributed by atoms with Crippen LogP contribution in [0.2, 0.25) is 0 Å². The summed E-state index contributed by atoms with van der Waals surface area (Å²) in [5.74, 6) is 0. The van der Waals surface area contributed by atoms with E-state index in [1.54, 1.807) is 6.07 Å². The predicted molar refractivity (Wildman–Crippen MR) is 55.1 cm³/mol. The van der Waals surface area contributed by atoms with Gasteiger partial charge in [0.2, 0.25) is 0 Å². The minimum Gasteiger partial charge on any atom is -0.352 e. The summed E-state index contributed by atoms with van der Waals surface area (Å²) >= 11 is 1.21. The Bertz CT molecular complexity index is 526. The molecular formula is C8H7NO3S2. The number of hydrogen-bond donors (Lipinski definition) is 0. The largest absolute Gasteiger partial charge is 0.352 e. The molecule has 0 aliphatic rings. The molecule has 1 heterocycles. The zero-order valence-corrected chi connectivity index (χ0v) is 8.93. The van der Waals surface area contributed by atoms with Crippen LogP contribution in [0.5, 0.6) is 5.19 Å². The van der Waals surface area contributed by atoms with Crippen molar-refractivity contribution in [3.05, 3.63) is 24.3 Å². The summed E-state index contributed by atoms with van der Waals surface area (Å²) in [5.41, 5.74) is 0.746. The van der Waals surface area contributed by atoms with Crippen LogP contribution in [0.1, 0.15) is 0 Å². The Labute approximate surface area is 85.3 Å². The lowest BCUT2D eigenvalue weighted by atomic mass is 10.3. The molecular weight excluding hydrogens is 222 g/mol. The molecule has 0 N–H and O–H groups in total. The van der Waals surface area contributed by atoms with Gasteiger partial charge in [0.15, 0.2) is 0 Å². The first kappa shape index (κ1) is 9.42. The van der Waals surface area contributed by atoms with Gasteiger partial charge in [-0.25, -0.2) is 4.98 Å². The number of para-hydroxylation sites is 1. The van der Waals surface area contributed by atoms with E-state index in [4.69, 9.17) is 0 Å². The zero-order chi connectivity index (χ0) is 10.2. The van der Waals surface area contributed by atoms with Gasteiger partial charge in [0.05, 0.1) is 16.5 Å². The normalized spacial score (nSPS) is 11.8. The summed E-state index contributed by atoms with van der Waals surface area (Å²) in [6, 6.07) is 7.38. The average Bonchev–Trinajstić information content (AvgIpc) is 2.42. The summed E-state index contributed by atoms with van der Waals surface area (Å²) in [5, 5.41) is 0.161. The van der Waals surface area contributed by atoms with Crippen molar-refractivity contribution in [2.45, 2.75) is 0 Å². The Balaban J connectivity index is 2.46. The molecule has 2 rings (SSSR count). The SMILES string of the molecule is CS(=O)(=O)Oc1nc2ccccc2s1. The molecule has 0 amide bonds. The number of rotatable bonds is 2. The van der Waals surface area contributed by atoms with Gasteiger partial charge in [-0.15, -0.1) is 0 Å². The van der Waals surface area contributed by atoms with Crippen molar-refractivity contribution >= 4 is 31.7 Å². The quantitative estimate of drug-likeness (QED) is 0.734. The molecule has 74 valence electrons. The summed E-state index contributed by atoms with van der Waals surface area (Å²) in [4.78, 5) is 4.02. The van der Waals surface area contributed by atoms with Crippen LogP contribution in [0.3, 0.4) is 0 Å². The first-order chi connectivity index (χ1) is 6.54. The van der Waals surface area contributed by atoms with Crippen molar-refractivity contribution < 1.29 is 12.6 Å². The van der Waals surface area contributed by atoms with E-state index in [2.05, 4.69) is 9.17 Å². The molecule has 0 aliphatic heterocycles. The number of aromatic nitrogens is 1. The van der Waals surface area contributed by atoms with Gasteiger partial charge >= 0.3 is 10.1 Å². The van der Waals surface area contributed by atoms with Crippen LogP contribution in [0.15, 0.2) is 24.3 Å². The van der Waals surface area contributed by atoms with Gasteiger partial charge in [0, 0.05) is 0 Å². The molecule has 0 saturated carbocycles. The minimum atomic E-state index is -3.48. The summed E-state index contributed by atoms with van der Waals surface area (Å²) in [7, 11) is -3.48. The van der Waals surface area contributed by atoms with Crippen molar-refractivity contribution in [2.75, 3.05) is 6.26 Å². The first-order valence-electron chi connectivity index (χ1n) is 3.80. The van der Waals surface area contributed by atoms with Crippen molar-refractivity contribution in [3.8, 4) is 5.19 Å². The van der Waals surface area contributed by atoms with Gasteiger partial charge in [-0.05, 0) is 12.1 Å². The molecule has 1 aromatic carbocycles. The molecule has 1 aromatic heterocycles. The van der Waals surface area contributed by atoms with Crippen LogP contribution in [0, 0.1) is 0 Å². The molecule has 0 radical (unpaired) electrons. The molecule has 0 aliphatic carbocycles. The fourth-order valence-corrected chi connectivity index (χ4v) is 2.52. The molecule has 4 nitrogen and oxygen atoms in total. The standard InChI is InChI=1S/C8H7NO3S2/c1-14(10,11)12-8-9-6-4-2-3-5-7(6)13-8/h2-5H,1H3. The first-order valence-corrected chi connectivity index (χ1v) is 6.43. The maximum Gasteiger partial charge on any atom is 0.308 e. The van der Waals surface area contributed by atoms with E-state index in [-0.39, 0.29) is 5.19 Å². The molecule has 0 fully saturated rings. The van der Waals surface area contributed by atoms with Gasteiger partial charge in [0.1, 0.15) is 0 Å². The third-order valence-electron chi connectivity index (χ3n) is 1.50. The Hall–Kier alpha value is -1.14. The molecule has 0 bridgehead atoms. The summed E-state index contributed by atoms with van der Waals surface area (Å²) < 4.78 is 27.2. The lowest BCUT2D eigenvalue weighted by molar-refractivity contribution is 0.492. The molecule has 0 spiro atoms. The average molecular weight is 229 g/mol. The van der Waals surface area contributed by atoms with Gasteiger partial charge in [-0.1, -0.05) is 23.5 Å². The lowest BCUT2D eigenvalue weighted by Gasteiger charge is -1.94. The molecule has 14 heavy (non-hydrogen) atoms. The Kier molecular flexibility index (Phi) is 2.16. The molecule has 2 aromatic rings. The van der Waals surface area contributed by atoms with Crippen LogP contribution in [0.4, 0.5) is 0 Å². The molecule has 6 heteroatoms. The number of hydrogen-bond acceptors (Lipinski definition) is 5. The van der Waals surface area contributed by atoms with Gasteiger partial charge in [-0.2, -0.15) is 8.42 Å². The molecule has 0 saturated heterocycles.